The van der Waals surface area contributed by atoms with Crippen LogP contribution >= 0.6 is 0 Å². The average molecular weight is 419 g/mol. The van der Waals surface area contributed by atoms with Crippen LogP contribution in [-0.4, -0.2) is 54.7 Å². The zero-order chi connectivity index (χ0) is 22.0. The molecule has 0 bridgehead atoms. The maximum atomic E-state index is 11.7. The second-order valence-corrected chi connectivity index (χ2v) is 6.57. The van der Waals surface area contributed by atoms with Crippen molar-refractivity contribution in [1.82, 2.24) is 24.6 Å². The van der Waals surface area contributed by atoms with Crippen LogP contribution < -0.4 is 21.3 Å². The van der Waals surface area contributed by atoms with Gasteiger partial charge in [0.1, 0.15) is 5.69 Å². The lowest BCUT2D eigenvalue weighted by molar-refractivity contribution is 0.0993. The van der Waals surface area contributed by atoms with Gasteiger partial charge in [0.25, 0.3) is 5.91 Å². The number of anilines is 1. The van der Waals surface area contributed by atoms with Crippen molar-refractivity contribution >= 4 is 30.0 Å². The van der Waals surface area contributed by atoms with E-state index in [1.54, 1.807) is 36.4 Å². The monoisotopic (exact) mass is 419 g/mol. The first kappa shape index (κ1) is 20.3. The molecule has 156 valence electrons. The number of carbonyl (C=O) groups is 1. The van der Waals surface area contributed by atoms with Crippen LogP contribution in [0.2, 0.25) is 0 Å². The number of hydrogen-bond acceptors (Lipinski definition) is 9. The van der Waals surface area contributed by atoms with Gasteiger partial charge in [0.2, 0.25) is 5.95 Å². The van der Waals surface area contributed by atoms with Crippen molar-refractivity contribution < 1.29 is 19.6 Å². The van der Waals surface area contributed by atoms with E-state index < -0.39 is 13.0 Å². The van der Waals surface area contributed by atoms with Crippen molar-refractivity contribution in [2.24, 2.45) is 5.73 Å². The van der Waals surface area contributed by atoms with E-state index >= 15 is 0 Å². The second kappa shape index (κ2) is 8.38. The third-order valence-electron chi connectivity index (χ3n) is 4.53. The van der Waals surface area contributed by atoms with E-state index in [0.29, 0.717) is 28.9 Å². The standard InChI is InChI=1S/C19H18BN7O4/c1-31-19-25-17(13-10-23-27-14(13)6-3-7-15(27)16(21)28)24-18(26-19)22-9-11-4-2-5-12(8-11)20(29)30/h2-8,10,29-30H,9H2,1H3,(H2,21,28)(H,22,24,25,26). The van der Waals surface area contributed by atoms with Crippen molar-refractivity contribution in [3.05, 3.63) is 59.9 Å². The number of nitrogens with zero attached hydrogens (tertiary/aromatic N) is 5. The molecule has 0 atom stereocenters. The summed E-state index contributed by atoms with van der Waals surface area (Å²) in [7, 11) is -0.110. The van der Waals surface area contributed by atoms with Gasteiger partial charge in [-0.25, -0.2) is 4.52 Å². The summed E-state index contributed by atoms with van der Waals surface area (Å²) in [5, 5.41) is 26.0. The minimum absolute atomic E-state index is 0.0948. The van der Waals surface area contributed by atoms with Crippen molar-refractivity contribution in [3.63, 3.8) is 0 Å². The van der Waals surface area contributed by atoms with Gasteiger partial charge in [0, 0.05) is 6.54 Å². The Kier molecular flexibility index (Phi) is 5.47. The number of methoxy groups -OCH3 is 1. The Morgan fingerprint density at radius 2 is 2.00 bits per heavy atom. The number of hydrogen-bond donors (Lipinski definition) is 4. The molecule has 5 N–H and O–H groups in total. The largest absolute Gasteiger partial charge is 0.488 e. The van der Waals surface area contributed by atoms with Gasteiger partial charge in [-0.15, -0.1) is 0 Å². The van der Waals surface area contributed by atoms with E-state index in [1.807, 2.05) is 6.07 Å². The summed E-state index contributed by atoms with van der Waals surface area (Å²) < 4.78 is 6.62. The van der Waals surface area contributed by atoms with Gasteiger partial charge in [0.05, 0.1) is 24.4 Å². The first-order valence-electron chi connectivity index (χ1n) is 9.22. The molecule has 3 aromatic heterocycles. The van der Waals surface area contributed by atoms with Crippen molar-refractivity contribution in [2.45, 2.75) is 6.54 Å². The minimum atomic E-state index is -1.55. The zero-order valence-electron chi connectivity index (χ0n) is 16.4. The number of rotatable bonds is 7. The van der Waals surface area contributed by atoms with Gasteiger partial charge in [0.15, 0.2) is 5.82 Å². The molecular formula is C19H18BN7O4. The molecule has 4 aromatic rings. The summed E-state index contributed by atoms with van der Waals surface area (Å²) in [6.07, 6.45) is 1.53. The van der Waals surface area contributed by atoms with E-state index in [9.17, 15) is 14.8 Å². The van der Waals surface area contributed by atoms with Crippen molar-refractivity contribution in [1.29, 1.82) is 0 Å². The van der Waals surface area contributed by atoms with Crippen LogP contribution in [0.25, 0.3) is 16.9 Å². The van der Waals surface area contributed by atoms with Crippen LogP contribution in [0.5, 0.6) is 6.01 Å². The number of amides is 1. The fourth-order valence-corrected chi connectivity index (χ4v) is 3.06. The van der Waals surface area contributed by atoms with Crippen molar-refractivity contribution in [3.8, 4) is 17.4 Å². The highest BCUT2D eigenvalue weighted by molar-refractivity contribution is 6.58. The third kappa shape index (κ3) is 4.15. The van der Waals surface area contributed by atoms with Crippen LogP contribution in [0, 0.1) is 0 Å². The number of ether oxygens (including phenoxy) is 1. The average Bonchev–Trinajstić information content (AvgIpc) is 3.21. The number of primary amides is 1. The van der Waals surface area contributed by atoms with E-state index in [2.05, 4.69) is 25.4 Å². The molecule has 0 aliphatic heterocycles. The summed E-state index contributed by atoms with van der Waals surface area (Å²) in [6.45, 7) is 0.327. The van der Waals surface area contributed by atoms with Gasteiger partial charge in [-0.2, -0.15) is 20.1 Å². The van der Waals surface area contributed by atoms with Gasteiger partial charge in [-0.3, -0.25) is 4.79 Å². The highest BCUT2D eigenvalue weighted by atomic mass is 16.5. The fraction of sp³-hybridized carbons (Fsp3) is 0.105. The van der Waals surface area contributed by atoms with Crippen LogP contribution in [0.1, 0.15) is 16.1 Å². The Morgan fingerprint density at radius 3 is 2.74 bits per heavy atom. The van der Waals surface area contributed by atoms with Gasteiger partial charge < -0.3 is 25.8 Å². The highest BCUT2D eigenvalue weighted by Crippen LogP contribution is 2.24. The first-order chi connectivity index (χ1) is 15.0. The number of nitrogens with two attached hydrogens (primary N) is 1. The van der Waals surface area contributed by atoms with Gasteiger partial charge >= 0.3 is 13.1 Å². The van der Waals surface area contributed by atoms with Gasteiger partial charge in [-0.05, 0) is 23.2 Å². The topological polar surface area (TPSA) is 161 Å². The normalized spacial score (nSPS) is 10.8. The number of nitrogens with one attached hydrogen (secondary N) is 1. The van der Waals surface area contributed by atoms with E-state index in [-0.39, 0.29) is 17.7 Å². The Hall–Kier alpha value is -4.03. The zero-order valence-corrected chi connectivity index (χ0v) is 16.4. The molecule has 1 amide bonds. The fourth-order valence-electron chi connectivity index (χ4n) is 3.06. The van der Waals surface area contributed by atoms with Crippen LogP contribution in [0.3, 0.4) is 0 Å². The van der Waals surface area contributed by atoms with Crippen LogP contribution in [0.15, 0.2) is 48.7 Å². The lowest BCUT2D eigenvalue weighted by Crippen LogP contribution is -2.30. The quantitative estimate of drug-likeness (QED) is 0.292. The molecule has 0 unspecified atom stereocenters. The summed E-state index contributed by atoms with van der Waals surface area (Å²) >= 11 is 0. The predicted molar refractivity (Wildman–Crippen MR) is 113 cm³/mol. The molecule has 12 heteroatoms. The minimum Gasteiger partial charge on any atom is -0.467 e. The smallest absolute Gasteiger partial charge is 0.467 e. The molecule has 3 heterocycles. The third-order valence-corrected chi connectivity index (χ3v) is 4.53. The SMILES string of the molecule is COc1nc(NCc2cccc(B(O)O)c2)nc(-c2cnn3c(C(N)=O)cccc23)n1. The summed E-state index contributed by atoms with van der Waals surface area (Å²) in [6, 6.07) is 12.0. The van der Waals surface area contributed by atoms with Crippen LogP contribution in [-0.2, 0) is 6.54 Å². The second-order valence-electron chi connectivity index (χ2n) is 6.57. The molecule has 0 spiro atoms. The van der Waals surface area contributed by atoms with Crippen molar-refractivity contribution in [2.75, 3.05) is 12.4 Å². The predicted octanol–water partition coefficient (Wildman–Crippen LogP) is -0.414. The number of fused-ring (bicyclic) bond motifs is 1. The molecule has 1 aromatic carbocycles. The maximum absolute atomic E-state index is 11.7. The van der Waals surface area contributed by atoms with E-state index in [4.69, 9.17) is 10.5 Å². The molecule has 11 nitrogen and oxygen atoms in total. The molecule has 0 saturated carbocycles. The molecular weight excluding hydrogens is 401 g/mol. The Morgan fingerprint density at radius 1 is 1.19 bits per heavy atom. The van der Waals surface area contributed by atoms with Crippen LogP contribution in [0.4, 0.5) is 5.95 Å². The molecule has 0 saturated heterocycles. The molecule has 0 radical (unpaired) electrons. The summed E-state index contributed by atoms with van der Waals surface area (Å²) in [5.74, 6) is -0.0567. The Labute approximate surface area is 176 Å². The molecule has 4 rings (SSSR count). The highest BCUT2D eigenvalue weighted by Gasteiger charge is 2.17. The number of carbonyl (C=O) groups excluding carboxylic acids is 1. The Balaban J connectivity index is 1.67. The Bertz CT molecular complexity index is 1260. The maximum Gasteiger partial charge on any atom is 0.488 e. The molecule has 31 heavy (non-hydrogen) atoms. The molecule has 0 aliphatic rings. The number of aromatic nitrogens is 5. The van der Waals surface area contributed by atoms with E-state index in [1.165, 1.54) is 17.8 Å². The first-order valence-corrected chi connectivity index (χ1v) is 9.22. The lowest BCUT2D eigenvalue weighted by atomic mass is 9.80. The number of pyridine rings is 1. The van der Waals surface area contributed by atoms with E-state index in [0.717, 1.165) is 5.56 Å². The number of benzene rings is 1. The summed E-state index contributed by atoms with van der Waals surface area (Å²) in [4.78, 5) is 24.6. The lowest BCUT2D eigenvalue weighted by Gasteiger charge is -2.09. The van der Waals surface area contributed by atoms with Gasteiger partial charge in [-0.1, -0.05) is 30.3 Å². The molecule has 0 aliphatic carbocycles. The summed E-state index contributed by atoms with van der Waals surface area (Å²) in [5.41, 5.74) is 7.99. The molecule has 0 fully saturated rings.